The molecule has 3 aromatic carbocycles. The van der Waals surface area contributed by atoms with Gasteiger partial charge < -0.3 is 19.3 Å². The molecule has 0 saturated carbocycles. The summed E-state index contributed by atoms with van der Waals surface area (Å²) in [6, 6.07) is 31.8. The SMILES string of the molecule is COc1ccccc1N1CCN(CC(Cc2ccc(F)cc2)c2ccncc2)CC1.COc1ccccc1N1CCN(CCc2ccncc2)CC1. The lowest BCUT2D eigenvalue weighted by molar-refractivity contribution is 0.240. The van der Waals surface area contributed by atoms with Crippen LogP contribution in [0.2, 0.25) is 0 Å². The predicted molar refractivity (Wildman–Crippen MR) is 208 cm³/mol. The first-order valence-electron chi connectivity index (χ1n) is 18.3. The van der Waals surface area contributed by atoms with Crippen molar-refractivity contribution in [3.05, 3.63) is 144 Å². The second kappa shape index (κ2) is 19.0. The van der Waals surface area contributed by atoms with Crippen LogP contribution >= 0.6 is 0 Å². The van der Waals surface area contributed by atoms with Crippen LogP contribution in [0.3, 0.4) is 0 Å². The quantitative estimate of drug-likeness (QED) is 0.140. The van der Waals surface area contributed by atoms with Gasteiger partial charge in [0, 0.05) is 96.2 Å². The fourth-order valence-corrected chi connectivity index (χ4v) is 7.14. The lowest BCUT2D eigenvalue weighted by Gasteiger charge is -2.38. The Hall–Kier alpha value is -4.99. The first-order valence-corrected chi connectivity index (χ1v) is 18.3. The number of nitrogens with zero attached hydrogens (tertiary/aromatic N) is 6. The van der Waals surface area contributed by atoms with Crippen LogP contribution in [0.25, 0.3) is 0 Å². The summed E-state index contributed by atoms with van der Waals surface area (Å²) >= 11 is 0. The molecule has 2 aliphatic heterocycles. The average molecular weight is 703 g/mol. The molecule has 2 saturated heterocycles. The maximum absolute atomic E-state index is 13.3. The molecule has 0 N–H and O–H groups in total. The fourth-order valence-electron chi connectivity index (χ4n) is 7.14. The summed E-state index contributed by atoms with van der Waals surface area (Å²) in [5.74, 6) is 2.05. The second-order valence-corrected chi connectivity index (χ2v) is 13.4. The number of pyridine rings is 2. The zero-order valence-electron chi connectivity index (χ0n) is 30.5. The van der Waals surface area contributed by atoms with Crippen molar-refractivity contribution in [1.29, 1.82) is 0 Å². The van der Waals surface area contributed by atoms with E-state index in [0.717, 1.165) is 101 Å². The molecule has 9 heteroatoms. The van der Waals surface area contributed by atoms with Crippen molar-refractivity contribution in [1.82, 2.24) is 19.8 Å². The van der Waals surface area contributed by atoms with Crippen molar-refractivity contribution in [3.8, 4) is 11.5 Å². The molecule has 52 heavy (non-hydrogen) atoms. The predicted octanol–water partition coefficient (Wildman–Crippen LogP) is 6.83. The van der Waals surface area contributed by atoms with Crippen LogP contribution in [0.15, 0.2) is 122 Å². The normalized spacial score (nSPS) is 15.8. The van der Waals surface area contributed by atoms with Gasteiger partial charge in [0.1, 0.15) is 17.3 Å². The summed E-state index contributed by atoms with van der Waals surface area (Å²) in [5, 5.41) is 0. The molecule has 0 spiro atoms. The Balaban J connectivity index is 0.000000187. The van der Waals surface area contributed by atoms with Crippen molar-refractivity contribution in [3.63, 3.8) is 0 Å². The Bertz CT molecular complexity index is 1760. The lowest BCUT2D eigenvalue weighted by Crippen LogP contribution is -2.47. The van der Waals surface area contributed by atoms with Gasteiger partial charge in [-0.05, 0) is 90.2 Å². The van der Waals surface area contributed by atoms with Crippen LogP contribution in [0.1, 0.15) is 22.6 Å². The molecule has 2 aromatic heterocycles. The molecule has 2 aliphatic rings. The number of aromatic nitrogens is 2. The van der Waals surface area contributed by atoms with E-state index in [1.807, 2.05) is 61.2 Å². The Labute approximate surface area is 308 Å². The van der Waals surface area contributed by atoms with Crippen molar-refractivity contribution < 1.29 is 13.9 Å². The number of anilines is 2. The number of rotatable bonds is 12. The zero-order chi connectivity index (χ0) is 36.0. The number of benzene rings is 3. The smallest absolute Gasteiger partial charge is 0.142 e. The molecular weight excluding hydrogens is 652 g/mol. The molecule has 2 fully saturated rings. The number of halogens is 1. The first-order chi connectivity index (χ1) is 25.6. The van der Waals surface area contributed by atoms with E-state index < -0.39 is 0 Å². The molecule has 7 rings (SSSR count). The third-order valence-corrected chi connectivity index (χ3v) is 10.1. The topological polar surface area (TPSA) is 57.2 Å². The monoisotopic (exact) mass is 702 g/mol. The maximum atomic E-state index is 13.3. The van der Waals surface area contributed by atoms with Crippen LogP contribution in [0.4, 0.5) is 15.8 Å². The number of ether oxygens (including phenoxy) is 2. The van der Waals surface area contributed by atoms with E-state index in [1.165, 1.54) is 16.8 Å². The molecule has 0 amide bonds. The molecule has 0 aliphatic carbocycles. The molecule has 0 bridgehead atoms. The average Bonchev–Trinajstić information content (AvgIpc) is 3.22. The van der Waals surface area contributed by atoms with Crippen LogP contribution in [0, 0.1) is 5.82 Å². The molecule has 0 radical (unpaired) electrons. The van der Waals surface area contributed by atoms with E-state index in [4.69, 9.17) is 9.47 Å². The van der Waals surface area contributed by atoms with Crippen molar-refractivity contribution in [2.75, 3.05) is 89.5 Å². The highest BCUT2D eigenvalue weighted by Crippen LogP contribution is 2.30. The van der Waals surface area contributed by atoms with E-state index in [1.54, 1.807) is 26.4 Å². The fraction of sp³-hybridized carbons (Fsp3) is 0.349. The van der Waals surface area contributed by atoms with Gasteiger partial charge in [-0.15, -0.1) is 0 Å². The highest BCUT2D eigenvalue weighted by molar-refractivity contribution is 5.59. The summed E-state index contributed by atoms with van der Waals surface area (Å²) in [7, 11) is 3.47. The molecule has 5 aromatic rings. The largest absolute Gasteiger partial charge is 0.495 e. The minimum Gasteiger partial charge on any atom is -0.495 e. The molecule has 1 atom stereocenters. The maximum Gasteiger partial charge on any atom is 0.142 e. The standard InChI is InChI=1S/C25H28FN3O.C18H23N3O/c1-30-25-5-3-2-4-24(25)29-16-14-28(15-17-29)19-22(21-10-12-27-13-11-21)18-20-6-8-23(26)9-7-20;1-22-18-5-3-2-4-17(18)21-14-12-20(13-15-21)11-8-16-6-9-19-10-7-16/h2-13,22H,14-19H2,1H3;2-7,9-10H,8,11-15H2,1H3. The Morgan fingerprint density at radius 2 is 1.08 bits per heavy atom. The highest BCUT2D eigenvalue weighted by Gasteiger charge is 2.23. The van der Waals surface area contributed by atoms with Crippen molar-refractivity contribution in [2.24, 2.45) is 0 Å². The highest BCUT2D eigenvalue weighted by atomic mass is 19.1. The Kier molecular flexibility index (Phi) is 13.5. The zero-order valence-corrected chi connectivity index (χ0v) is 30.5. The summed E-state index contributed by atoms with van der Waals surface area (Å²) < 4.78 is 24.3. The van der Waals surface area contributed by atoms with Crippen LogP contribution in [-0.2, 0) is 12.8 Å². The number of methoxy groups -OCH3 is 2. The van der Waals surface area contributed by atoms with Crippen LogP contribution < -0.4 is 19.3 Å². The summed E-state index contributed by atoms with van der Waals surface area (Å²) in [6.07, 6.45) is 9.43. The van der Waals surface area contributed by atoms with Gasteiger partial charge >= 0.3 is 0 Å². The summed E-state index contributed by atoms with van der Waals surface area (Å²) in [5.41, 5.74) is 6.17. The van der Waals surface area contributed by atoms with Gasteiger partial charge in [-0.3, -0.25) is 19.8 Å². The van der Waals surface area contributed by atoms with Gasteiger partial charge in [-0.1, -0.05) is 36.4 Å². The van der Waals surface area contributed by atoms with Crippen LogP contribution in [-0.4, -0.2) is 99.4 Å². The van der Waals surface area contributed by atoms with E-state index in [9.17, 15) is 4.39 Å². The molecule has 272 valence electrons. The Morgan fingerprint density at radius 3 is 1.62 bits per heavy atom. The number of para-hydroxylation sites is 4. The number of piperazine rings is 2. The van der Waals surface area contributed by atoms with Gasteiger partial charge in [0.05, 0.1) is 25.6 Å². The molecule has 4 heterocycles. The molecule has 8 nitrogen and oxygen atoms in total. The van der Waals surface area contributed by atoms with Gasteiger partial charge in [-0.25, -0.2) is 4.39 Å². The molecular formula is C43H51FN6O2. The lowest BCUT2D eigenvalue weighted by atomic mass is 9.92. The van der Waals surface area contributed by atoms with E-state index in [0.29, 0.717) is 5.92 Å². The first kappa shape index (κ1) is 36.8. The van der Waals surface area contributed by atoms with Gasteiger partial charge in [0.25, 0.3) is 0 Å². The van der Waals surface area contributed by atoms with Crippen molar-refractivity contribution >= 4 is 11.4 Å². The van der Waals surface area contributed by atoms with E-state index >= 15 is 0 Å². The summed E-state index contributed by atoms with van der Waals surface area (Å²) in [4.78, 5) is 18.1. The molecule has 1 unspecified atom stereocenters. The summed E-state index contributed by atoms with van der Waals surface area (Å²) in [6.45, 7) is 10.3. The third kappa shape index (κ3) is 10.3. The second-order valence-electron chi connectivity index (χ2n) is 13.4. The van der Waals surface area contributed by atoms with Crippen LogP contribution in [0.5, 0.6) is 11.5 Å². The minimum absolute atomic E-state index is 0.188. The minimum atomic E-state index is -0.188. The number of hydrogen-bond acceptors (Lipinski definition) is 8. The number of hydrogen-bond donors (Lipinski definition) is 0. The third-order valence-electron chi connectivity index (χ3n) is 10.1. The van der Waals surface area contributed by atoms with Crippen molar-refractivity contribution in [2.45, 2.75) is 18.8 Å². The van der Waals surface area contributed by atoms with E-state index in [2.05, 4.69) is 78.1 Å². The van der Waals surface area contributed by atoms with E-state index in [-0.39, 0.29) is 5.82 Å². The van der Waals surface area contributed by atoms with Gasteiger partial charge in [0.2, 0.25) is 0 Å². The Morgan fingerprint density at radius 1 is 0.577 bits per heavy atom. The van der Waals surface area contributed by atoms with Gasteiger partial charge in [0.15, 0.2) is 0 Å². The van der Waals surface area contributed by atoms with Gasteiger partial charge in [-0.2, -0.15) is 0 Å².